The molecule has 21 heavy (non-hydrogen) atoms. The average Bonchev–Trinajstić information content (AvgIpc) is 3.32. The lowest BCUT2D eigenvalue weighted by atomic mass is 10.0. The number of benzene rings is 1. The second-order valence-electron chi connectivity index (χ2n) is 6.18. The molecule has 1 aliphatic carbocycles. The highest BCUT2D eigenvalue weighted by atomic mass is 79.9. The summed E-state index contributed by atoms with van der Waals surface area (Å²) in [7, 11) is 0. The molecule has 1 aromatic carbocycles. The van der Waals surface area contributed by atoms with Crippen LogP contribution < -0.4 is 10.1 Å². The van der Waals surface area contributed by atoms with Crippen LogP contribution in [0.4, 0.5) is 0 Å². The van der Waals surface area contributed by atoms with Crippen LogP contribution in [0.25, 0.3) is 0 Å². The smallest absolute Gasteiger partial charge is 0.120 e. The fraction of sp³-hybridized carbons (Fsp3) is 0.647. The van der Waals surface area contributed by atoms with Gasteiger partial charge in [0.05, 0.1) is 0 Å². The van der Waals surface area contributed by atoms with Crippen molar-refractivity contribution in [3.05, 3.63) is 28.7 Å². The van der Waals surface area contributed by atoms with Crippen molar-refractivity contribution < 1.29 is 4.74 Å². The Morgan fingerprint density at radius 1 is 1.24 bits per heavy atom. The van der Waals surface area contributed by atoms with Crippen molar-refractivity contribution in [2.45, 2.75) is 44.2 Å². The fourth-order valence-electron chi connectivity index (χ4n) is 3.06. The third-order valence-electron chi connectivity index (χ3n) is 4.37. The van der Waals surface area contributed by atoms with Crippen LogP contribution in [0.15, 0.2) is 28.7 Å². The van der Waals surface area contributed by atoms with Crippen LogP contribution in [0.3, 0.4) is 0 Å². The molecule has 1 N–H and O–H groups in total. The molecule has 1 aliphatic heterocycles. The highest BCUT2D eigenvalue weighted by Gasteiger charge is 2.30. The van der Waals surface area contributed by atoms with Gasteiger partial charge in [-0.05, 0) is 50.4 Å². The molecular weight excluding hydrogens is 328 g/mol. The van der Waals surface area contributed by atoms with Gasteiger partial charge in [-0.3, -0.25) is 4.90 Å². The van der Waals surface area contributed by atoms with Gasteiger partial charge in [-0.25, -0.2) is 0 Å². The van der Waals surface area contributed by atoms with Gasteiger partial charge in [0.1, 0.15) is 12.4 Å². The average molecular weight is 353 g/mol. The summed E-state index contributed by atoms with van der Waals surface area (Å²) in [6, 6.07) is 9.59. The first-order valence-corrected chi connectivity index (χ1v) is 8.96. The number of piperidine rings is 1. The van der Waals surface area contributed by atoms with E-state index in [0.717, 1.165) is 29.4 Å². The van der Waals surface area contributed by atoms with E-state index in [1.807, 2.05) is 24.3 Å². The van der Waals surface area contributed by atoms with E-state index in [1.165, 1.54) is 45.2 Å². The van der Waals surface area contributed by atoms with Gasteiger partial charge < -0.3 is 10.1 Å². The maximum Gasteiger partial charge on any atom is 0.120 e. The van der Waals surface area contributed by atoms with Crippen molar-refractivity contribution in [2.75, 3.05) is 26.2 Å². The SMILES string of the molecule is Brc1cccc(OCCN(CC2CCCCN2)C2CC2)c1. The normalized spacial score (nSPS) is 22.5. The summed E-state index contributed by atoms with van der Waals surface area (Å²) in [5, 5.41) is 3.66. The van der Waals surface area contributed by atoms with Crippen LogP contribution >= 0.6 is 15.9 Å². The van der Waals surface area contributed by atoms with E-state index in [1.54, 1.807) is 0 Å². The number of rotatable bonds is 7. The highest BCUT2D eigenvalue weighted by Crippen LogP contribution is 2.27. The molecule has 1 unspecified atom stereocenters. The number of ether oxygens (including phenoxy) is 1. The van der Waals surface area contributed by atoms with Crippen LogP contribution in [0.5, 0.6) is 5.75 Å². The molecule has 1 saturated heterocycles. The summed E-state index contributed by atoms with van der Waals surface area (Å²) in [5.41, 5.74) is 0. The second kappa shape index (κ2) is 7.61. The maximum absolute atomic E-state index is 5.89. The molecule has 3 rings (SSSR count). The van der Waals surface area contributed by atoms with Gasteiger partial charge in [0.15, 0.2) is 0 Å². The van der Waals surface area contributed by atoms with Gasteiger partial charge in [-0.2, -0.15) is 0 Å². The number of hydrogen-bond donors (Lipinski definition) is 1. The Balaban J connectivity index is 1.44. The Hall–Kier alpha value is -0.580. The molecule has 1 aromatic rings. The first kappa shape index (κ1) is 15.3. The molecule has 2 fully saturated rings. The van der Waals surface area contributed by atoms with Crippen LogP contribution in [0.1, 0.15) is 32.1 Å². The topological polar surface area (TPSA) is 24.5 Å². The Labute approximate surface area is 136 Å². The van der Waals surface area contributed by atoms with Crippen molar-refractivity contribution in [3.63, 3.8) is 0 Å². The Morgan fingerprint density at radius 3 is 2.86 bits per heavy atom. The molecule has 1 heterocycles. The predicted molar refractivity (Wildman–Crippen MR) is 89.9 cm³/mol. The first-order chi connectivity index (χ1) is 10.3. The zero-order valence-electron chi connectivity index (χ0n) is 12.6. The summed E-state index contributed by atoms with van der Waals surface area (Å²) in [6.07, 6.45) is 6.78. The van der Waals surface area contributed by atoms with Crippen molar-refractivity contribution in [1.29, 1.82) is 0 Å². The minimum absolute atomic E-state index is 0.685. The Kier molecular flexibility index (Phi) is 5.55. The van der Waals surface area contributed by atoms with Crippen LogP contribution in [0.2, 0.25) is 0 Å². The largest absolute Gasteiger partial charge is 0.492 e. The van der Waals surface area contributed by atoms with E-state index in [2.05, 4.69) is 26.1 Å². The standard InChI is InChI=1S/C17H25BrN2O/c18-14-4-3-6-17(12-14)21-11-10-20(16-7-8-16)13-15-5-1-2-9-19-15/h3-4,6,12,15-16,19H,1-2,5,7-11,13H2. The summed E-state index contributed by atoms with van der Waals surface area (Å²) in [6.45, 7) is 4.19. The number of hydrogen-bond acceptors (Lipinski definition) is 3. The van der Waals surface area contributed by atoms with Crippen molar-refractivity contribution >= 4 is 15.9 Å². The first-order valence-electron chi connectivity index (χ1n) is 8.17. The van der Waals surface area contributed by atoms with E-state index in [-0.39, 0.29) is 0 Å². The maximum atomic E-state index is 5.89. The number of nitrogens with one attached hydrogen (secondary N) is 1. The molecular formula is C17H25BrN2O. The van der Waals surface area contributed by atoms with E-state index < -0.39 is 0 Å². The predicted octanol–water partition coefficient (Wildman–Crippen LogP) is 3.43. The molecule has 1 saturated carbocycles. The molecule has 116 valence electrons. The molecule has 0 bridgehead atoms. The molecule has 0 amide bonds. The van der Waals surface area contributed by atoms with Crippen LogP contribution in [-0.2, 0) is 0 Å². The number of nitrogens with zero attached hydrogens (tertiary/aromatic N) is 1. The van der Waals surface area contributed by atoms with Gasteiger partial charge in [0.25, 0.3) is 0 Å². The van der Waals surface area contributed by atoms with E-state index in [4.69, 9.17) is 4.74 Å². The Bertz CT molecular complexity index is 444. The van der Waals surface area contributed by atoms with Crippen LogP contribution in [0, 0.1) is 0 Å². The van der Waals surface area contributed by atoms with Gasteiger partial charge in [0.2, 0.25) is 0 Å². The van der Waals surface area contributed by atoms with Crippen molar-refractivity contribution in [1.82, 2.24) is 10.2 Å². The highest BCUT2D eigenvalue weighted by molar-refractivity contribution is 9.10. The quantitative estimate of drug-likeness (QED) is 0.813. The zero-order chi connectivity index (χ0) is 14.5. The molecule has 0 spiro atoms. The summed E-state index contributed by atoms with van der Waals surface area (Å²) in [5.74, 6) is 0.955. The van der Waals surface area contributed by atoms with Gasteiger partial charge in [-0.1, -0.05) is 28.4 Å². The third-order valence-corrected chi connectivity index (χ3v) is 4.87. The Morgan fingerprint density at radius 2 is 2.14 bits per heavy atom. The summed E-state index contributed by atoms with van der Waals surface area (Å²) >= 11 is 3.48. The minimum Gasteiger partial charge on any atom is -0.492 e. The summed E-state index contributed by atoms with van der Waals surface area (Å²) < 4.78 is 6.97. The fourth-order valence-corrected chi connectivity index (χ4v) is 3.44. The monoisotopic (exact) mass is 352 g/mol. The molecule has 1 atom stereocenters. The number of halogens is 1. The molecule has 4 heteroatoms. The molecule has 0 aromatic heterocycles. The second-order valence-corrected chi connectivity index (χ2v) is 7.09. The van der Waals surface area contributed by atoms with Crippen molar-refractivity contribution in [3.8, 4) is 5.75 Å². The summed E-state index contributed by atoms with van der Waals surface area (Å²) in [4.78, 5) is 2.63. The van der Waals surface area contributed by atoms with Gasteiger partial charge in [-0.15, -0.1) is 0 Å². The van der Waals surface area contributed by atoms with E-state index in [9.17, 15) is 0 Å². The molecule has 2 aliphatic rings. The van der Waals surface area contributed by atoms with Gasteiger partial charge >= 0.3 is 0 Å². The van der Waals surface area contributed by atoms with E-state index >= 15 is 0 Å². The lowest BCUT2D eigenvalue weighted by Crippen LogP contribution is -2.45. The van der Waals surface area contributed by atoms with Crippen LogP contribution in [-0.4, -0.2) is 43.2 Å². The van der Waals surface area contributed by atoms with Crippen molar-refractivity contribution in [2.24, 2.45) is 0 Å². The minimum atomic E-state index is 0.685. The lowest BCUT2D eigenvalue weighted by Gasteiger charge is -2.30. The molecule has 3 nitrogen and oxygen atoms in total. The third kappa shape index (κ3) is 4.97. The molecule has 0 radical (unpaired) electrons. The van der Waals surface area contributed by atoms with Gasteiger partial charge in [0, 0.05) is 29.6 Å². The van der Waals surface area contributed by atoms with E-state index in [0.29, 0.717) is 6.04 Å². The zero-order valence-corrected chi connectivity index (χ0v) is 14.1. The lowest BCUT2D eigenvalue weighted by molar-refractivity contribution is 0.176.